The summed E-state index contributed by atoms with van der Waals surface area (Å²) < 4.78 is 25.3. The molecular formula is C24H20ClN5O2S. The van der Waals surface area contributed by atoms with Gasteiger partial charge in [0.25, 0.3) is 5.78 Å². The number of hydrogen-bond donors (Lipinski definition) is 0. The number of anilines is 2. The van der Waals surface area contributed by atoms with Crippen molar-refractivity contribution in [1.82, 2.24) is 19.6 Å². The lowest BCUT2D eigenvalue weighted by Gasteiger charge is -2.24. The molecule has 2 heterocycles. The minimum Gasteiger partial charge on any atom is -0.326 e. The summed E-state index contributed by atoms with van der Waals surface area (Å²) >= 11 is 6.26. The van der Waals surface area contributed by atoms with Crippen molar-refractivity contribution in [2.24, 2.45) is 0 Å². The first-order chi connectivity index (χ1) is 15.9. The highest BCUT2D eigenvalue weighted by atomic mass is 35.5. The maximum Gasteiger partial charge on any atom is 0.258 e. The van der Waals surface area contributed by atoms with E-state index in [2.05, 4.69) is 28.1 Å². The summed E-state index contributed by atoms with van der Waals surface area (Å²) in [6.07, 6.45) is 1.21. The van der Waals surface area contributed by atoms with Crippen LogP contribution in [0, 0.1) is 0 Å². The number of halogens is 1. The van der Waals surface area contributed by atoms with Crippen molar-refractivity contribution in [3.05, 3.63) is 78.1 Å². The third kappa shape index (κ3) is 3.81. The van der Waals surface area contributed by atoms with Gasteiger partial charge in [-0.2, -0.15) is 4.98 Å². The number of sulfone groups is 1. The van der Waals surface area contributed by atoms with E-state index in [0.29, 0.717) is 17.2 Å². The third-order valence-corrected chi connectivity index (χ3v) is 6.92. The largest absolute Gasteiger partial charge is 0.326 e. The van der Waals surface area contributed by atoms with E-state index in [-0.39, 0.29) is 5.28 Å². The van der Waals surface area contributed by atoms with Crippen LogP contribution in [0.25, 0.3) is 27.8 Å². The molecule has 7 nitrogen and oxygen atoms in total. The van der Waals surface area contributed by atoms with Gasteiger partial charge < -0.3 is 4.90 Å². The summed E-state index contributed by atoms with van der Waals surface area (Å²) in [7, 11) is -3.24. The molecule has 0 aliphatic rings. The van der Waals surface area contributed by atoms with E-state index >= 15 is 0 Å². The van der Waals surface area contributed by atoms with Gasteiger partial charge in [-0.15, -0.1) is 10.2 Å². The molecule has 33 heavy (non-hydrogen) atoms. The van der Waals surface area contributed by atoms with Gasteiger partial charge in [-0.05, 0) is 66.0 Å². The molecule has 0 aliphatic heterocycles. The molecule has 0 bridgehead atoms. The lowest BCUT2D eigenvalue weighted by atomic mass is 10.0. The van der Waals surface area contributed by atoms with E-state index in [9.17, 15) is 8.42 Å². The van der Waals surface area contributed by atoms with Crippen LogP contribution in [0.15, 0.2) is 77.7 Å². The molecule has 0 fully saturated rings. The molecule has 166 valence electrons. The highest BCUT2D eigenvalue weighted by Gasteiger charge is 2.18. The molecule has 0 radical (unpaired) electrons. The normalized spacial score (nSPS) is 11.8. The van der Waals surface area contributed by atoms with Gasteiger partial charge in [0.15, 0.2) is 9.84 Å². The van der Waals surface area contributed by atoms with Gasteiger partial charge in [0.05, 0.1) is 10.4 Å². The Morgan fingerprint density at radius 2 is 1.70 bits per heavy atom. The van der Waals surface area contributed by atoms with Gasteiger partial charge in [-0.1, -0.05) is 36.4 Å². The zero-order valence-electron chi connectivity index (χ0n) is 18.0. The number of fused-ring (bicyclic) bond motifs is 3. The van der Waals surface area contributed by atoms with E-state index < -0.39 is 9.84 Å². The average molecular weight is 478 g/mol. The number of benzene rings is 3. The average Bonchev–Trinajstić information content (AvgIpc) is 3.20. The summed E-state index contributed by atoms with van der Waals surface area (Å²) in [5.41, 5.74) is 3.73. The lowest BCUT2D eigenvalue weighted by Crippen LogP contribution is -2.18. The van der Waals surface area contributed by atoms with Crippen molar-refractivity contribution in [3.8, 4) is 11.1 Å². The molecule has 0 unspecified atom stereocenters. The van der Waals surface area contributed by atoms with Crippen LogP contribution in [0.2, 0.25) is 5.28 Å². The smallest absolute Gasteiger partial charge is 0.258 e. The van der Waals surface area contributed by atoms with Crippen LogP contribution in [-0.4, -0.2) is 40.8 Å². The monoisotopic (exact) mass is 477 g/mol. The molecule has 2 aromatic heterocycles. The van der Waals surface area contributed by atoms with Crippen molar-refractivity contribution in [2.75, 3.05) is 17.7 Å². The molecule has 0 aliphatic carbocycles. The second-order valence-electron chi connectivity index (χ2n) is 7.65. The zero-order chi connectivity index (χ0) is 23.2. The van der Waals surface area contributed by atoms with E-state index in [4.69, 9.17) is 16.6 Å². The molecule has 0 N–H and O–H groups in total. The third-order valence-electron chi connectivity index (χ3n) is 5.54. The minimum absolute atomic E-state index is 0.267. The minimum atomic E-state index is -3.24. The molecule has 0 saturated carbocycles. The number of rotatable bonds is 5. The summed E-state index contributed by atoms with van der Waals surface area (Å²) in [6, 6.07) is 22.9. The van der Waals surface area contributed by atoms with Crippen LogP contribution in [0.5, 0.6) is 0 Å². The highest BCUT2D eigenvalue weighted by Crippen LogP contribution is 2.34. The Morgan fingerprint density at radius 3 is 2.42 bits per heavy atom. The summed E-state index contributed by atoms with van der Waals surface area (Å²) in [5, 5.41) is 9.30. The molecule has 0 saturated heterocycles. The molecule has 5 aromatic rings. The first-order valence-corrected chi connectivity index (χ1v) is 12.6. The quantitative estimate of drug-likeness (QED) is 0.348. The summed E-state index contributed by atoms with van der Waals surface area (Å²) in [5.74, 6) is 1.19. The molecule has 0 atom stereocenters. The number of hydrogen-bond acceptors (Lipinski definition) is 6. The molecule has 0 spiro atoms. The highest BCUT2D eigenvalue weighted by molar-refractivity contribution is 7.90. The molecule has 3 aromatic carbocycles. The van der Waals surface area contributed by atoms with Crippen LogP contribution in [0.3, 0.4) is 0 Å². The summed E-state index contributed by atoms with van der Waals surface area (Å²) in [4.78, 5) is 7.19. The Morgan fingerprint density at radius 1 is 0.939 bits per heavy atom. The molecular weight excluding hydrogens is 458 g/mol. The Kier molecular flexibility index (Phi) is 5.26. The van der Waals surface area contributed by atoms with Crippen LogP contribution >= 0.6 is 11.6 Å². The zero-order valence-corrected chi connectivity index (χ0v) is 19.5. The second-order valence-corrected chi connectivity index (χ2v) is 10.0. The fourth-order valence-electron chi connectivity index (χ4n) is 3.96. The van der Waals surface area contributed by atoms with Crippen molar-refractivity contribution < 1.29 is 8.42 Å². The van der Waals surface area contributed by atoms with Gasteiger partial charge >= 0.3 is 0 Å². The second kappa shape index (κ2) is 8.13. The van der Waals surface area contributed by atoms with Gasteiger partial charge in [0, 0.05) is 23.9 Å². The lowest BCUT2D eigenvalue weighted by molar-refractivity contribution is 0.602. The Labute approximate surface area is 196 Å². The van der Waals surface area contributed by atoms with Crippen molar-refractivity contribution in [3.63, 3.8) is 0 Å². The van der Waals surface area contributed by atoms with E-state index in [1.54, 1.807) is 16.5 Å². The fraction of sp³-hybridized carbons (Fsp3) is 0.125. The van der Waals surface area contributed by atoms with E-state index in [1.807, 2.05) is 54.6 Å². The number of aromatic nitrogens is 4. The Bertz CT molecular complexity index is 1600. The maximum absolute atomic E-state index is 11.8. The van der Waals surface area contributed by atoms with Crippen molar-refractivity contribution >= 4 is 49.6 Å². The van der Waals surface area contributed by atoms with E-state index in [0.717, 1.165) is 33.5 Å². The molecule has 5 rings (SSSR count). The topological polar surface area (TPSA) is 80.5 Å². The fourth-order valence-corrected chi connectivity index (χ4v) is 4.79. The molecule has 9 heteroatoms. The Hall–Kier alpha value is -3.49. The SMILES string of the molecule is CCN(c1cccc(-c2ccc(S(C)(=O)=O)cc2)c1)c1nc2nnc(Cl)n2c2ccccc12. The van der Waals surface area contributed by atoms with Crippen LogP contribution in [-0.2, 0) is 9.84 Å². The van der Waals surface area contributed by atoms with Crippen LogP contribution in [0.1, 0.15) is 6.92 Å². The van der Waals surface area contributed by atoms with Crippen molar-refractivity contribution in [1.29, 1.82) is 0 Å². The standard InChI is InChI=1S/C24H20ClN5O2S/c1-3-29(22-20-9-4-5-10-21(20)30-23(25)27-28-24(30)26-22)18-8-6-7-17(15-18)16-11-13-19(14-12-16)33(2,31)32/h4-15H,3H2,1-2H3. The summed E-state index contributed by atoms with van der Waals surface area (Å²) in [6.45, 7) is 2.73. The van der Waals surface area contributed by atoms with Gasteiger partial charge in [0.1, 0.15) is 5.82 Å². The predicted molar refractivity (Wildman–Crippen MR) is 131 cm³/mol. The van der Waals surface area contributed by atoms with Gasteiger partial charge in [0.2, 0.25) is 5.28 Å². The van der Waals surface area contributed by atoms with Crippen molar-refractivity contribution in [2.45, 2.75) is 11.8 Å². The first kappa shape index (κ1) is 21.4. The predicted octanol–water partition coefficient (Wildman–Crippen LogP) is 5.16. The number of para-hydroxylation sites is 1. The van der Waals surface area contributed by atoms with E-state index in [1.165, 1.54) is 6.26 Å². The Balaban J connectivity index is 1.63. The molecule has 0 amide bonds. The number of nitrogens with zero attached hydrogens (tertiary/aromatic N) is 5. The van der Waals surface area contributed by atoms with Gasteiger partial charge in [-0.3, -0.25) is 0 Å². The van der Waals surface area contributed by atoms with Crippen LogP contribution in [0.4, 0.5) is 11.5 Å². The maximum atomic E-state index is 11.8. The first-order valence-electron chi connectivity index (χ1n) is 10.3. The van der Waals surface area contributed by atoms with Crippen LogP contribution < -0.4 is 4.90 Å². The van der Waals surface area contributed by atoms with Gasteiger partial charge in [-0.25, -0.2) is 12.8 Å².